The average Bonchev–Trinajstić information content (AvgIpc) is 3.53. The first-order chi connectivity index (χ1) is 28.9. The second-order valence-corrected chi connectivity index (χ2v) is 16.0. The summed E-state index contributed by atoms with van der Waals surface area (Å²) in [5.74, 6) is -5.84. The summed E-state index contributed by atoms with van der Waals surface area (Å²) >= 11 is 0. The summed E-state index contributed by atoms with van der Waals surface area (Å²) in [6.45, 7) is 2.06. The number of Topliss-reactive ketones (excluding diaryl/α,β-unsaturated/α-hetero) is 1. The summed E-state index contributed by atoms with van der Waals surface area (Å²) in [6, 6.07) is 5.54. The molecule has 0 radical (unpaired) electrons. The summed E-state index contributed by atoms with van der Waals surface area (Å²) in [7, 11) is 1.29. The van der Waals surface area contributed by atoms with E-state index < -0.39 is 131 Å². The number of ketones is 3. The van der Waals surface area contributed by atoms with E-state index in [1.807, 2.05) is 0 Å². The van der Waals surface area contributed by atoms with E-state index in [4.69, 9.17) is 23.8 Å². The van der Waals surface area contributed by atoms with Gasteiger partial charge in [-0.25, -0.2) is 9.59 Å². The maximum atomic E-state index is 14.0. The molecule has 7 rings (SSSR count). The summed E-state index contributed by atoms with van der Waals surface area (Å²) in [5.41, 5.74) is -5.29. The Hall–Kier alpha value is -5.99. The number of nitrogens with zero attached hydrogens (tertiary/aromatic N) is 1. The minimum atomic E-state index is -2.38. The van der Waals surface area contributed by atoms with E-state index >= 15 is 0 Å². The summed E-state index contributed by atoms with van der Waals surface area (Å²) in [6.07, 6.45) is -3.84. The van der Waals surface area contributed by atoms with Gasteiger partial charge in [0.25, 0.3) is 0 Å². The van der Waals surface area contributed by atoms with Gasteiger partial charge in [0.1, 0.15) is 41.7 Å². The lowest BCUT2D eigenvalue weighted by Gasteiger charge is -2.42. The number of allylic oxidation sites excluding steroid dienone is 1. The van der Waals surface area contributed by atoms with Crippen molar-refractivity contribution in [2.75, 3.05) is 13.7 Å². The number of phenols is 2. The molecule has 19 heteroatoms. The molecular weight excluding hydrogens is 804 g/mol. The van der Waals surface area contributed by atoms with Gasteiger partial charge in [-0.15, -0.1) is 4.73 Å². The minimum absolute atomic E-state index is 0.0404. The van der Waals surface area contributed by atoms with E-state index in [2.05, 4.69) is 5.32 Å². The van der Waals surface area contributed by atoms with Crippen LogP contribution < -0.4 is 14.9 Å². The summed E-state index contributed by atoms with van der Waals surface area (Å²) in [4.78, 5) is 72.3. The molecule has 8 unspecified atom stereocenters. The van der Waals surface area contributed by atoms with Crippen molar-refractivity contribution in [1.82, 2.24) is 10.0 Å². The average molecular weight is 851 g/mol. The van der Waals surface area contributed by atoms with Crippen LogP contribution in [0.3, 0.4) is 0 Å². The van der Waals surface area contributed by atoms with Crippen LogP contribution in [0.1, 0.15) is 101 Å². The number of aliphatic hydroxyl groups excluding tert-OH is 2. The standard InChI is InChI=1S/C42H46N2O17/c1-19-34(49)23(43-40(55)59-20-7-5-13-41(2,14-6-8-20)39(54)61-44-27(47)11-12-28(44)48)15-29(58-19)60-25-17-42(56,26(46)18-45)16-22-31(25)38(53)33-32(36(22)51)35(50)21-9-4-10-24(57-3)30(21)37(33)52/h4-5,7,9-12,19-20,23,25,29,34,45,47-49,51,53,56H,6,8,13-18H2,1-3H3,(H,43,55). The van der Waals surface area contributed by atoms with Gasteiger partial charge < -0.3 is 64.8 Å². The van der Waals surface area contributed by atoms with Gasteiger partial charge >= 0.3 is 12.1 Å². The van der Waals surface area contributed by atoms with Crippen LogP contribution in [0.2, 0.25) is 0 Å². The molecular formula is C42H46N2O17. The second kappa shape index (κ2) is 16.5. The van der Waals surface area contributed by atoms with Crippen LogP contribution in [-0.4, -0.2) is 120 Å². The number of benzene rings is 2. The van der Waals surface area contributed by atoms with Crippen molar-refractivity contribution >= 4 is 29.4 Å². The number of alkyl carbamates (subject to hydrolysis) is 1. The number of hydrogen-bond acceptors (Lipinski definition) is 17. The summed E-state index contributed by atoms with van der Waals surface area (Å²) < 4.78 is 23.8. The first-order valence-corrected chi connectivity index (χ1v) is 19.6. The molecule has 326 valence electrons. The number of nitrogens with one attached hydrogen (secondary N) is 1. The highest BCUT2D eigenvalue weighted by Crippen LogP contribution is 2.52. The van der Waals surface area contributed by atoms with Crippen molar-refractivity contribution in [2.45, 2.75) is 101 Å². The Bertz CT molecular complexity index is 2300. The number of rotatable bonds is 9. The lowest BCUT2D eigenvalue weighted by molar-refractivity contribution is -0.249. The molecule has 19 nitrogen and oxygen atoms in total. The van der Waals surface area contributed by atoms with Gasteiger partial charge in [0.05, 0.1) is 47.5 Å². The summed E-state index contributed by atoms with van der Waals surface area (Å²) in [5, 5.41) is 78.2. The minimum Gasteiger partial charge on any atom is -0.507 e. The molecule has 2 heterocycles. The number of aromatic hydroxyl groups is 4. The lowest BCUT2D eigenvalue weighted by Crippen LogP contribution is -2.56. The van der Waals surface area contributed by atoms with Crippen molar-refractivity contribution in [2.24, 2.45) is 5.41 Å². The molecule has 1 fully saturated rings. The van der Waals surface area contributed by atoms with Gasteiger partial charge in [0, 0.05) is 48.1 Å². The molecule has 3 aliphatic carbocycles. The Labute approximate surface area is 347 Å². The number of aliphatic hydroxyl groups is 3. The Morgan fingerprint density at radius 1 is 1.00 bits per heavy atom. The molecule has 3 aromatic rings. The van der Waals surface area contributed by atoms with Gasteiger partial charge in [-0.1, -0.05) is 18.2 Å². The molecule has 1 amide bonds. The van der Waals surface area contributed by atoms with E-state index in [9.17, 15) is 59.7 Å². The number of amides is 1. The van der Waals surface area contributed by atoms with Crippen molar-refractivity contribution < 1.29 is 83.5 Å². The highest BCUT2D eigenvalue weighted by Gasteiger charge is 2.50. The number of hydrogen-bond donors (Lipinski definition) is 8. The van der Waals surface area contributed by atoms with E-state index in [-0.39, 0.29) is 40.8 Å². The van der Waals surface area contributed by atoms with E-state index in [1.54, 1.807) is 19.1 Å². The van der Waals surface area contributed by atoms with Crippen LogP contribution in [-0.2, 0) is 30.2 Å². The molecule has 0 spiro atoms. The maximum Gasteiger partial charge on any atom is 0.408 e. The molecule has 2 aromatic carbocycles. The molecule has 61 heavy (non-hydrogen) atoms. The fraction of sp³-hybridized carbons (Fsp3) is 0.452. The van der Waals surface area contributed by atoms with Crippen LogP contribution in [0.5, 0.6) is 29.0 Å². The molecule has 8 atom stereocenters. The Morgan fingerprint density at radius 3 is 2.39 bits per heavy atom. The lowest BCUT2D eigenvalue weighted by atomic mass is 9.72. The number of methoxy groups -OCH3 is 1. The van der Waals surface area contributed by atoms with Crippen LogP contribution in [0, 0.1) is 5.41 Å². The van der Waals surface area contributed by atoms with E-state index in [0.717, 1.165) is 12.1 Å². The second-order valence-electron chi connectivity index (χ2n) is 16.0. The molecule has 1 saturated heterocycles. The third kappa shape index (κ3) is 7.78. The first kappa shape index (κ1) is 43.1. The van der Waals surface area contributed by atoms with Crippen LogP contribution in [0.25, 0.3) is 0 Å². The van der Waals surface area contributed by atoms with Gasteiger partial charge in [-0.05, 0) is 51.7 Å². The van der Waals surface area contributed by atoms with Crippen LogP contribution >= 0.6 is 0 Å². The SMILES string of the molecule is COc1cccc2c1C(=O)c1c(O)c3c(c(O)c1C2=O)CC(O)(C(=O)CO)CC3OC1CC(NC(=O)OC2C=CCC(C)(C(=O)On3c(O)ccc3O)CCC2)C(O)C(C)O1. The van der Waals surface area contributed by atoms with Crippen molar-refractivity contribution in [3.63, 3.8) is 0 Å². The number of ether oxygens (including phenoxy) is 4. The predicted octanol–water partition coefficient (Wildman–Crippen LogP) is 2.14. The fourth-order valence-corrected chi connectivity index (χ4v) is 8.53. The highest BCUT2D eigenvalue weighted by molar-refractivity contribution is 6.31. The Kier molecular flexibility index (Phi) is 11.6. The molecule has 1 aliphatic heterocycles. The fourth-order valence-electron chi connectivity index (χ4n) is 8.53. The molecule has 8 N–H and O–H groups in total. The maximum absolute atomic E-state index is 14.0. The number of aromatic nitrogens is 1. The van der Waals surface area contributed by atoms with Crippen molar-refractivity contribution in [3.05, 3.63) is 75.9 Å². The van der Waals surface area contributed by atoms with Gasteiger partial charge in [0.2, 0.25) is 17.5 Å². The molecule has 4 aliphatic rings. The largest absolute Gasteiger partial charge is 0.507 e. The first-order valence-electron chi connectivity index (χ1n) is 19.6. The quantitative estimate of drug-likeness (QED) is 0.0884. The highest BCUT2D eigenvalue weighted by atomic mass is 16.7. The number of carbonyl (C=O) groups excluding carboxylic acids is 5. The number of carbonyl (C=O) groups is 5. The predicted molar refractivity (Wildman–Crippen MR) is 206 cm³/mol. The van der Waals surface area contributed by atoms with Gasteiger partial charge in [-0.2, -0.15) is 0 Å². The normalized spacial score (nSPS) is 28.4. The van der Waals surface area contributed by atoms with Crippen molar-refractivity contribution in [1.29, 1.82) is 0 Å². The Morgan fingerprint density at radius 2 is 1.70 bits per heavy atom. The number of fused-ring (bicyclic) bond motifs is 3. The smallest absolute Gasteiger partial charge is 0.408 e. The molecule has 0 bridgehead atoms. The monoisotopic (exact) mass is 850 g/mol. The Balaban J connectivity index is 1.09. The van der Waals surface area contributed by atoms with Crippen LogP contribution in [0.4, 0.5) is 4.79 Å². The zero-order chi connectivity index (χ0) is 44.1. The zero-order valence-corrected chi connectivity index (χ0v) is 33.3. The number of phenolic OH excluding ortho intramolecular Hbond substituents is 2. The van der Waals surface area contributed by atoms with Gasteiger partial charge in [-0.3, -0.25) is 14.4 Å². The van der Waals surface area contributed by atoms with Crippen molar-refractivity contribution in [3.8, 4) is 29.0 Å². The third-order valence-electron chi connectivity index (χ3n) is 11.9. The molecule has 0 saturated carbocycles. The van der Waals surface area contributed by atoms with E-state index in [1.165, 1.54) is 32.2 Å². The van der Waals surface area contributed by atoms with Crippen LogP contribution in [0.15, 0.2) is 42.5 Å². The van der Waals surface area contributed by atoms with Gasteiger partial charge in [0.15, 0.2) is 17.9 Å². The van der Waals surface area contributed by atoms with E-state index in [0.29, 0.717) is 24.0 Å². The third-order valence-corrected chi connectivity index (χ3v) is 11.9. The zero-order valence-electron chi connectivity index (χ0n) is 33.3. The molecule has 1 aromatic heterocycles. The topological polar surface area (TPSA) is 290 Å².